The van der Waals surface area contributed by atoms with Crippen molar-refractivity contribution in [1.82, 2.24) is 0 Å². The van der Waals surface area contributed by atoms with Gasteiger partial charge < -0.3 is 10.7 Å². The van der Waals surface area contributed by atoms with E-state index >= 15 is 0 Å². The van der Waals surface area contributed by atoms with Crippen LogP contribution in [0.3, 0.4) is 0 Å². The van der Waals surface area contributed by atoms with E-state index < -0.39 is 0 Å². The first-order chi connectivity index (χ1) is 6.11. The Morgan fingerprint density at radius 1 is 1.31 bits per heavy atom. The van der Waals surface area contributed by atoms with Crippen LogP contribution in [0.1, 0.15) is 13.8 Å². The highest BCUT2D eigenvalue weighted by molar-refractivity contribution is 5.66. The van der Waals surface area contributed by atoms with Crippen LogP contribution in [-0.2, 0) is 0 Å². The Morgan fingerprint density at radius 3 is 2.46 bits per heavy atom. The number of nitrogens with two attached hydrogens (primary N) is 2. The third-order valence-electron chi connectivity index (χ3n) is 1.81. The number of hydrogen-bond acceptors (Lipinski definition) is 3. The minimum absolute atomic E-state index is 0.532. The third-order valence-corrected chi connectivity index (χ3v) is 1.81. The predicted octanol–water partition coefficient (Wildman–Crippen LogP) is 1.60. The predicted molar refractivity (Wildman–Crippen MR) is 57.2 cm³/mol. The molecule has 0 saturated carbocycles. The molecule has 0 fully saturated rings. The molecule has 0 radical (unpaired) electrons. The van der Waals surface area contributed by atoms with Crippen molar-refractivity contribution < 1.29 is 0 Å². The van der Waals surface area contributed by atoms with Crippen molar-refractivity contribution in [2.75, 3.05) is 17.3 Å². The summed E-state index contributed by atoms with van der Waals surface area (Å²) >= 11 is 0. The van der Waals surface area contributed by atoms with Gasteiger partial charge in [0.05, 0.1) is 11.4 Å². The number of benzene rings is 1. The lowest BCUT2D eigenvalue weighted by Crippen LogP contribution is -2.34. The van der Waals surface area contributed by atoms with Gasteiger partial charge in [-0.2, -0.15) is 0 Å². The monoisotopic (exact) mass is 179 g/mol. The van der Waals surface area contributed by atoms with Crippen LogP contribution in [-0.4, -0.2) is 6.54 Å². The molecule has 3 heteroatoms. The minimum Gasteiger partial charge on any atom is -0.397 e. The van der Waals surface area contributed by atoms with Gasteiger partial charge in [-0.3, -0.25) is 0 Å². The molecule has 0 aliphatic rings. The Balaban J connectivity index is 2.76. The standard InChI is InChI=1S/C10H17N3/c1-8(2)7-13(12)10-6-4-3-5-9(10)11/h3-6,8H,7,11-12H2,1-2H3. The molecule has 0 amide bonds. The van der Waals surface area contributed by atoms with Crippen LogP contribution in [0.2, 0.25) is 0 Å². The molecule has 0 aromatic heterocycles. The van der Waals surface area contributed by atoms with Crippen molar-refractivity contribution in [3.63, 3.8) is 0 Å². The smallest absolute Gasteiger partial charge is 0.0746 e. The first kappa shape index (κ1) is 9.86. The zero-order valence-electron chi connectivity index (χ0n) is 8.20. The van der Waals surface area contributed by atoms with Crippen LogP contribution in [0, 0.1) is 5.92 Å². The topological polar surface area (TPSA) is 55.3 Å². The molecule has 0 aliphatic heterocycles. The average molecular weight is 179 g/mol. The molecule has 0 bridgehead atoms. The van der Waals surface area contributed by atoms with Crippen molar-refractivity contribution >= 4 is 11.4 Å². The number of hydrogen-bond donors (Lipinski definition) is 2. The maximum atomic E-state index is 5.85. The molecular formula is C10H17N3. The van der Waals surface area contributed by atoms with E-state index in [9.17, 15) is 0 Å². The number of nitrogens with zero attached hydrogens (tertiary/aromatic N) is 1. The van der Waals surface area contributed by atoms with Crippen LogP contribution < -0.4 is 16.6 Å². The normalized spacial score (nSPS) is 10.5. The van der Waals surface area contributed by atoms with E-state index in [4.69, 9.17) is 11.6 Å². The van der Waals surface area contributed by atoms with Crippen LogP contribution >= 0.6 is 0 Å². The maximum absolute atomic E-state index is 5.85. The van der Waals surface area contributed by atoms with Gasteiger partial charge >= 0.3 is 0 Å². The minimum atomic E-state index is 0.532. The van der Waals surface area contributed by atoms with Crippen molar-refractivity contribution in [3.8, 4) is 0 Å². The highest BCUT2D eigenvalue weighted by atomic mass is 15.4. The van der Waals surface area contributed by atoms with Crippen molar-refractivity contribution in [2.45, 2.75) is 13.8 Å². The molecule has 13 heavy (non-hydrogen) atoms. The summed E-state index contributed by atoms with van der Waals surface area (Å²) in [4.78, 5) is 0. The fraction of sp³-hybridized carbons (Fsp3) is 0.400. The number of para-hydroxylation sites is 2. The van der Waals surface area contributed by atoms with E-state index in [-0.39, 0.29) is 0 Å². The van der Waals surface area contributed by atoms with Gasteiger partial charge in [-0.1, -0.05) is 26.0 Å². The van der Waals surface area contributed by atoms with E-state index in [0.717, 1.165) is 17.9 Å². The molecule has 4 N–H and O–H groups in total. The lowest BCUT2D eigenvalue weighted by molar-refractivity contribution is 0.621. The summed E-state index contributed by atoms with van der Waals surface area (Å²) in [5, 5.41) is 1.69. The summed E-state index contributed by atoms with van der Waals surface area (Å²) in [6.07, 6.45) is 0. The lowest BCUT2D eigenvalue weighted by Gasteiger charge is -2.22. The summed E-state index contributed by atoms with van der Waals surface area (Å²) in [6.45, 7) is 5.06. The van der Waals surface area contributed by atoms with E-state index in [2.05, 4.69) is 13.8 Å². The number of anilines is 2. The second kappa shape index (κ2) is 4.14. The molecule has 1 rings (SSSR count). The van der Waals surface area contributed by atoms with Gasteiger partial charge in [0.25, 0.3) is 0 Å². The largest absolute Gasteiger partial charge is 0.397 e. The number of rotatable bonds is 3. The lowest BCUT2D eigenvalue weighted by atomic mass is 10.2. The first-order valence-electron chi connectivity index (χ1n) is 4.48. The first-order valence-corrected chi connectivity index (χ1v) is 4.48. The van der Waals surface area contributed by atoms with Crippen LogP contribution in [0.15, 0.2) is 24.3 Å². The molecule has 0 unspecified atom stereocenters. The maximum Gasteiger partial charge on any atom is 0.0746 e. The number of hydrazine groups is 1. The summed E-state index contributed by atoms with van der Waals surface area (Å²) in [5.41, 5.74) is 7.40. The van der Waals surface area contributed by atoms with Crippen molar-refractivity contribution in [1.29, 1.82) is 0 Å². The highest BCUT2D eigenvalue weighted by Crippen LogP contribution is 2.20. The Kier molecular flexibility index (Phi) is 3.14. The van der Waals surface area contributed by atoms with Gasteiger partial charge in [0.15, 0.2) is 0 Å². The quantitative estimate of drug-likeness (QED) is 0.421. The molecule has 0 saturated heterocycles. The van der Waals surface area contributed by atoms with Gasteiger partial charge in [0, 0.05) is 6.54 Å². The second-order valence-electron chi connectivity index (χ2n) is 3.61. The van der Waals surface area contributed by atoms with Crippen molar-refractivity contribution in [3.05, 3.63) is 24.3 Å². The van der Waals surface area contributed by atoms with Gasteiger partial charge in [0.2, 0.25) is 0 Å². The molecule has 0 atom stereocenters. The fourth-order valence-corrected chi connectivity index (χ4v) is 1.24. The van der Waals surface area contributed by atoms with Crippen LogP contribution in [0.25, 0.3) is 0 Å². The molecule has 72 valence electrons. The van der Waals surface area contributed by atoms with E-state index in [1.165, 1.54) is 0 Å². The summed E-state index contributed by atoms with van der Waals surface area (Å²) in [6, 6.07) is 7.63. The van der Waals surface area contributed by atoms with E-state index in [1.807, 2.05) is 24.3 Å². The Morgan fingerprint density at radius 2 is 1.92 bits per heavy atom. The van der Waals surface area contributed by atoms with E-state index in [0.29, 0.717) is 5.92 Å². The molecular weight excluding hydrogens is 162 g/mol. The van der Waals surface area contributed by atoms with Gasteiger partial charge in [-0.25, -0.2) is 5.84 Å². The third kappa shape index (κ3) is 2.63. The van der Waals surface area contributed by atoms with Crippen LogP contribution in [0.4, 0.5) is 11.4 Å². The zero-order valence-corrected chi connectivity index (χ0v) is 8.20. The molecule has 1 aromatic carbocycles. The molecule has 0 spiro atoms. The van der Waals surface area contributed by atoms with Gasteiger partial charge in [0.1, 0.15) is 0 Å². The summed E-state index contributed by atoms with van der Waals surface area (Å²) < 4.78 is 0. The molecule has 1 aromatic rings. The zero-order chi connectivity index (χ0) is 9.84. The Bertz CT molecular complexity index is 271. The SMILES string of the molecule is CC(C)CN(N)c1ccccc1N. The van der Waals surface area contributed by atoms with Gasteiger partial charge in [-0.15, -0.1) is 0 Å². The fourth-order valence-electron chi connectivity index (χ4n) is 1.24. The van der Waals surface area contributed by atoms with Gasteiger partial charge in [-0.05, 0) is 18.1 Å². The molecule has 3 nitrogen and oxygen atoms in total. The Labute approximate surface area is 79.3 Å². The number of nitrogen functional groups attached to an aromatic ring is 1. The molecule has 0 aliphatic carbocycles. The van der Waals surface area contributed by atoms with Crippen molar-refractivity contribution in [2.24, 2.45) is 11.8 Å². The molecule has 0 heterocycles. The highest BCUT2D eigenvalue weighted by Gasteiger charge is 2.05. The van der Waals surface area contributed by atoms with E-state index in [1.54, 1.807) is 5.01 Å². The summed E-state index contributed by atoms with van der Waals surface area (Å²) in [5.74, 6) is 6.38. The average Bonchev–Trinajstić information content (AvgIpc) is 2.03. The van der Waals surface area contributed by atoms with Crippen LogP contribution in [0.5, 0.6) is 0 Å². The second-order valence-corrected chi connectivity index (χ2v) is 3.61. The summed E-state index contributed by atoms with van der Waals surface area (Å²) in [7, 11) is 0. The Hall–Kier alpha value is -1.22.